The lowest BCUT2D eigenvalue weighted by Gasteiger charge is -2.15. The molecule has 60 heavy (non-hydrogen) atoms. The average molecular weight is 803 g/mol. The Kier molecular flexibility index (Phi) is 13.0. The van der Waals surface area contributed by atoms with Crippen LogP contribution in [0.3, 0.4) is 0 Å². The fraction of sp³-hybridized carbons (Fsp3) is 0.298. The summed E-state index contributed by atoms with van der Waals surface area (Å²) < 4.78 is 3.50. The number of benzene rings is 4. The van der Waals surface area contributed by atoms with E-state index in [1.807, 2.05) is 109 Å². The third-order valence-corrected chi connectivity index (χ3v) is 11.0. The minimum Gasteiger partial charge on any atom is -0.359 e. The monoisotopic (exact) mass is 802 g/mol. The molecule has 0 bridgehead atoms. The molecule has 4 heterocycles. The molecule has 8 rings (SSSR count). The number of carbonyl (C=O) groups is 1. The Balaban J connectivity index is 0.838. The summed E-state index contributed by atoms with van der Waals surface area (Å²) in [6, 6.07) is 30.8. The van der Waals surface area contributed by atoms with Crippen molar-refractivity contribution in [3.63, 3.8) is 0 Å². The lowest BCUT2D eigenvalue weighted by molar-refractivity contribution is 0.262. The Bertz CT molecular complexity index is 2240. The van der Waals surface area contributed by atoms with Gasteiger partial charge in [-0.15, -0.1) is 10.2 Å². The molecule has 13 nitrogen and oxygen atoms in total. The van der Waals surface area contributed by atoms with Gasteiger partial charge < -0.3 is 31.1 Å². The highest BCUT2D eigenvalue weighted by Crippen LogP contribution is 2.26. The lowest BCUT2D eigenvalue weighted by Crippen LogP contribution is -2.20. The molecule has 2 fully saturated rings. The topological polar surface area (TPSA) is 133 Å². The van der Waals surface area contributed by atoms with Gasteiger partial charge in [0.05, 0.1) is 23.8 Å². The Labute approximate surface area is 352 Å². The molecule has 2 saturated heterocycles. The van der Waals surface area contributed by atoms with Gasteiger partial charge in [0.25, 0.3) is 0 Å². The van der Waals surface area contributed by atoms with Crippen molar-refractivity contribution in [3.8, 4) is 33.9 Å². The summed E-state index contributed by atoms with van der Waals surface area (Å²) >= 11 is 0. The normalized spacial score (nSPS) is 14.3. The minimum absolute atomic E-state index is 0.375. The Morgan fingerprint density at radius 2 is 0.933 bits per heavy atom. The Hall–Kier alpha value is -6.57. The number of aromatic nitrogens is 6. The molecule has 2 aliphatic heterocycles. The second-order valence-electron chi connectivity index (χ2n) is 15.7. The maximum atomic E-state index is 13.2. The maximum absolute atomic E-state index is 13.2. The number of urea groups is 1. The second kappa shape index (κ2) is 19.5. The van der Waals surface area contributed by atoms with E-state index in [-0.39, 0.29) is 6.03 Å². The number of rotatable bonds is 18. The predicted molar refractivity (Wildman–Crippen MR) is 242 cm³/mol. The van der Waals surface area contributed by atoms with Crippen molar-refractivity contribution in [3.05, 3.63) is 134 Å². The van der Waals surface area contributed by atoms with Crippen molar-refractivity contribution in [1.82, 2.24) is 39.8 Å². The van der Waals surface area contributed by atoms with E-state index in [1.54, 1.807) is 9.36 Å². The second-order valence-corrected chi connectivity index (χ2v) is 15.7. The van der Waals surface area contributed by atoms with Crippen molar-refractivity contribution >= 4 is 28.8 Å². The van der Waals surface area contributed by atoms with Gasteiger partial charge in [0.2, 0.25) is 0 Å². The number of allylic oxidation sites excluding steroid dienone is 2. The predicted octanol–water partition coefficient (Wildman–Crippen LogP) is 9.43. The van der Waals surface area contributed by atoms with E-state index in [0.717, 1.165) is 84.0 Å². The molecule has 0 spiro atoms. The first-order valence-corrected chi connectivity index (χ1v) is 21.1. The number of anilines is 4. The van der Waals surface area contributed by atoms with E-state index in [9.17, 15) is 4.79 Å². The van der Waals surface area contributed by atoms with Gasteiger partial charge in [-0.2, -0.15) is 0 Å². The SMILES string of the molecule is C=C(CCCN1CCCC1)Nc1cccc(-n2cc(-c3cccc(NC(=O)Nc4cccc(-c5cn(-c6cccc(NC(=C)CCCN7CCCC7)c6)nn5)c4)c3)nn2)c1. The van der Waals surface area contributed by atoms with Crippen LogP contribution in [0.5, 0.6) is 0 Å². The van der Waals surface area contributed by atoms with Crippen molar-refractivity contribution in [2.75, 3.05) is 60.5 Å². The summed E-state index contributed by atoms with van der Waals surface area (Å²) in [5, 5.41) is 30.5. The minimum atomic E-state index is -0.375. The summed E-state index contributed by atoms with van der Waals surface area (Å²) in [4.78, 5) is 18.3. The van der Waals surface area contributed by atoms with E-state index in [4.69, 9.17) is 0 Å². The standard InChI is InChI=1S/C47H54N12O/c1-35(13-11-27-56-23-3-4-24-56)48-41-19-9-21-43(31-41)58-33-45(52-54-58)37-15-7-17-39(29-37)50-47(60)51-40-18-8-16-38(30-40)46-34-59(55-53-46)44-22-10-20-42(32-44)49-36(2)14-12-28-57-25-5-6-26-57/h7-10,15-22,29-34,48-49H,1-6,11-14,23-28H2,(H2,50,51,60). The Morgan fingerprint density at radius 1 is 0.533 bits per heavy atom. The van der Waals surface area contributed by atoms with Crippen LogP contribution < -0.4 is 21.3 Å². The summed E-state index contributed by atoms with van der Waals surface area (Å²) in [5.74, 6) is 0. The molecule has 13 heteroatoms. The first kappa shape index (κ1) is 40.2. The third kappa shape index (κ3) is 10.9. The van der Waals surface area contributed by atoms with Crippen LogP contribution in [0, 0.1) is 0 Å². The van der Waals surface area contributed by atoms with Crippen LogP contribution in [0.15, 0.2) is 134 Å². The molecule has 0 atom stereocenters. The van der Waals surface area contributed by atoms with Crippen LogP contribution in [0.2, 0.25) is 0 Å². The van der Waals surface area contributed by atoms with Gasteiger partial charge in [-0.05, 0) is 151 Å². The van der Waals surface area contributed by atoms with Gasteiger partial charge >= 0.3 is 6.03 Å². The van der Waals surface area contributed by atoms with Crippen molar-refractivity contribution in [2.45, 2.75) is 51.4 Å². The molecular weight excluding hydrogens is 749 g/mol. The fourth-order valence-corrected chi connectivity index (χ4v) is 7.88. The van der Waals surface area contributed by atoms with Gasteiger partial charge in [-0.25, -0.2) is 14.2 Å². The van der Waals surface area contributed by atoms with Crippen molar-refractivity contribution in [2.24, 2.45) is 0 Å². The zero-order chi connectivity index (χ0) is 41.1. The summed E-state index contributed by atoms with van der Waals surface area (Å²) in [6.45, 7) is 15.6. The lowest BCUT2D eigenvalue weighted by atomic mass is 10.1. The number of nitrogens with one attached hydrogen (secondary N) is 4. The molecule has 4 N–H and O–H groups in total. The zero-order valence-corrected chi connectivity index (χ0v) is 34.2. The molecule has 0 aliphatic carbocycles. The average Bonchev–Trinajstić information content (AvgIpc) is 4.11. The van der Waals surface area contributed by atoms with Crippen LogP contribution in [0.25, 0.3) is 33.9 Å². The molecule has 0 unspecified atom stereocenters. The molecule has 2 amide bonds. The highest BCUT2D eigenvalue weighted by molar-refractivity contribution is 6.00. The fourth-order valence-electron chi connectivity index (χ4n) is 7.88. The van der Waals surface area contributed by atoms with Crippen LogP contribution in [0.1, 0.15) is 51.4 Å². The molecule has 2 aromatic heterocycles. The number of nitrogens with zero attached hydrogens (tertiary/aromatic N) is 8. The van der Waals surface area contributed by atoms with Crippen molar-refractivity contribution in [1.29, 1.82) is 0 Å². The highest BCUT2D eigenvalue weighted by atomic mass is 16.2. The van der Waals surface area contributed by atoms with E-state index >= 15 is 0 Å². The molecule has 2 aliphatic rings. The van der Waals surface area contributed by atoms with Gasteiger partial charge in [-0.3, -0.25) is 0 Å². The molecule has 6 aromatic rings. The molecule has 0 radical (unpaired) electrons. The van der Waals surface area contributed by atoms with Crippen LogP contribution in [-0.4, -0.2) is 85.1 Å². The molecular formula is C47H54N12O. The molecule has 4 aromatic carbocycles. The first-order valence-electron chi connectivity index (χ1n) is 21.1. The summed E-state index contributed by atoms with van der Waals surface area (Å²) in [5.41, 5.74) is 9.93. The van der Waals surface area contributed by atoms with E-state index in [1.165, 1.54) is 51.9 Å². The van der Waals surface area contributed by atoms with Gasteiger partial charge in [0.15, 0.2) is 0 Å². The number of hydrogen-bond donors (Lipinski definition) is 4. The number of likely N-dealkylation sites (tertiary alicyclic amines) is 2. The number of hydrogen-bond acceptors (Lipinski definition) is 9. The van der Waals surface area contributed by atoms with Gasteiger partial charge in [0, 0.05) is 45.3 Å². The number of amides is 2. The quantitative estimate of drug-likeness (QED) is 0.0671. The van der Waals surface area contributed by atoms with E-state index in [2.05, 4.69) is 64.8 Å². The first-order chi connectivity index (χ1) is 29.4. The summed E-state index contributed by atoms with van der Waals surface area (Å²) in [7, 11) is 0. The maximum Gasteiger partial charge on any atom is 0.323 e. The zero-order valence-electron chi connectivity index (χ0n) is 34.2. The summed E-state index contributed by atoms with van der Waals surface area (Å²) in [6.07, 6.45) is 13.1. The van der Waals surface area contributed by atoms with Gasteiger partial charge in [0.1, 0.15) is 11.4 Å². The van der Waals surface area contributed by atoms with E-state index < -0.39 is 0 Å². The van der Waals surface area contributed by atoms with Crippen LogP contribution in [-0.2, 0) is 0 Å². The highest BCUT2D eigenvalue weighted by Gasteiger charge is 2.14. The molecule has 308 valence electrons. The number of carbonyl (C=O) groups excluding carboxylic acids is 1. The van der Waals surface area contributed by atoms with Gasteiger partial charge in [-0.1, -0.05) is 60.0 Å². The smallest absolute Gasteiger partial charge is 0.323 e. The largest absolute Gasteiger partial charge is 0.359 e. The van der Waals surface area contributed by atoms with Crippen LogP contribution in [0.4, 0.5) is 27.5 Å². The molecule has 0 saturated carbocycles. The third-order valence-electron chi connectivity index (χ3n) is 11.0. The van der Waals surface area contributed by atoms with Crippen LogP contribution >= 0.6 is 0 Å². The van der Waals surface area contributed by atoms with E-state index in [0.29, 0.717) is 22.8 Å². The Morgan fingerprint density at radius 3 is 1.37 bits per heavy atom. The van der Waals surface area contributed by atoms with Crippen molar-refractivity contribution < 1.29 is 4.79 Å².